The van der Waals surface area contributed by atoms with E-state index in [1.54, 1.807) is 49.5 Å². The minimum atomic E-state index is -0.410. The number of fused-ring (bicyclic) bond motifs is 1. The second kappa shape index (κ2) is 9.17. The van der Waals surface area contributed by atoms with Gasteiger partial charge in [0.2, 0.25) is 5.91 Å². The normalized spacial score (nSPS) is 26.2. The van der Waals surface area contributed by atoms with Gasteiger partial charge in [-0.1, -0.05) is 41.4 Å². The van der Waals surface area contributed by atoms with Crippen LogP contribution in [0.25, 0.3) is 0 Å². The zero-order valence-electron chi connectivity index (χ0n) is 17.3. The Morgan fingerprint density at radius 1 is 0.935 bits per heavy atom. The predicted octanol–water partition coefficient (Wildman–Crippen LogP) is 4.77. The van der Waals surface area contributed by atoms with E-state index >= 15 is 0 Å². The van der Waals surface area contributed by atoms with Crippen LogP contribution in [0.5, 0.6) is 0 Å². The molecular weight excluding hydrogens is 439 g/mol. The summed E-state index contributed by atoms with van der Waals surface area (Å²) in [6.45, 7) is 0.297. The number of amides is 3. The average Bonchev–Trinajstić information content (AvgIpc) is 2.78. The van der Waals surface area contributed by atoms with Crippen LogP contribution in [0.3, 0.4) is 0 Å². The molecule has 2 aliphatic rings. The summed E-state index contributed by atoms with van der Waals surface area (Å²) < 4.78 is 11.2. The first-order valence-electron chi connectivity index (χ1n) is 10.1. The maximum Gasteiger partial charge on any atom is 0.331 e. The van der Waals surface area contributed by atoms with Gasteiger partial charge in [-0.2, -0.15) is 0 Å². The molecule has 1 saturated heterocycles. The molecule has 8 heteroatoms. The molecule has 2 aromatic rings. The van der Waals surface area contributed by atoms with Gasteiger partial charge in [-0.25, -0.2) is 9.69 Å². The van der Waals surface area contributed by atoms with Crippen molar-refractivity contribution in [3.63, 3.8) is 0 Å². The number of ether oxygens (including phenoxy) is 2. The van der Waals surface area contributed by atoms with Crippen LogP contribution in [0, 0.1) is 5.92 Å². The van der Waals surface area contributed by atoms with E-state index in [0.717, 1.165) is 5.56 Å². The third-order valence-corrected chi connectivity index (χ3v) is 6.82. The number of carbonyl (C=O) groups excluding carboxylic acids is 2. The monoisotopic (exact) mass is 462 g/mol. The third kappa shape index (κ3) is 4.17. The molecule has 0 radical (unpaired) electrons. The van der Waals surface area contributed by atoms with Crippen LogP contribution in [0.2, 0.25) is 10.0 Å². The van der Waals surface area contributed by atoms with Crippen LogP contribution in [-0.4, -0.2) is 49.3 Å². The summed E-state index contributed by atoms with van der Waals surface area (Å²) >= 11 is 12.4. The summed E-state index contributed by atoms with van der Waals surface area (Å²) in [5.41, 5.74) is 1.31. The van der Waals surface area contributed by atoms with E-state index in [1.807, 2.05) is 18.2 Å². The molecule has 0 N–H and O–H groups in total. The van der Waals surface area contributed by atoms with Crippen LogP contribution in [0.1, 0.15) is 18.4 Å². The fraction of sp³-hybridized carbons (Fsp3) is 0.391. The van der Waals surface area contributed by atoms with E-state index in [-0.39, 0.29) is 30.2 Å². The van der Waals surface area contributed by atoms with Crippen molar-refractivity contribution in [3.05, 3.63) is 64.1 Å². The van der Waals surface area contributed by atoms with Gasteiger partial charge in [0.25, 0.3) is 0 Å². The molecule has 1 saturated carbocycles. The fourth-order valence-corrected chi connectivity index (χ4v) is 4.89. The summed E-state index contributed by atoms with van der Waals surface area (Å²) in [6.07, 6.45) is 0.547. The fourth-order valence-electron chi connectivity index (χ4n) is 4.57. The first kappa shape index (κ1) is 22.1. The maximum atomic E-state index is 13.6. The van der Waals surface area contributed by atoms with Crippen LogP contribution < -0.4 is 4.90 Å². The molecule has 4 rings (SSSR count). The number of rotatable bonds is 5. The van der Waals surface area contributed by atoms with Crippen LogP contribution >= 0.6 is 23.2 Å². The Bertz CT molecular complexity index is 968. The number of carbonyl (C=O) groups is 2. The lowest BCUT2D eigenvalue weighted by molar-refractivity contribution is -0.137. The van der Waals surface area contributed by atoms with Crippen molar-refractivity contribution in [1.29, 1.82) is 0 Å². The number of imide groups is 1. The summed E-state index contributed by atoms with van der Waals surface area (Å²) in [7, 11) is 3.25. The lowest BCUT2D eigenvalue weighted by Gasteiger charge is -2.49. The Kier molecular flexibility index (Phi) is 6.53. The topological polar surface area (TPSA) is 59.1 Å². The first-order chi connectivity index (χ1) is 14.9. The van der Waals surface area contributed by atoms with Crippen molar-refractivity contribution in [2.75, 3.05) is 19.1 Å². The van der Waals surface area contributed by atoms with Gasteiger partial charge in [0, 0.05) is 36.9 Å². The number of nitrogens with zero attached hydrogens (tertiary/aromatic N) is 2. The minimum absolute atomic E-state index is 0.206. The largest absolute Gasteiger partial charge is 0.379 e. The molecule has 0 spiro atoms. The highest BCUT2D eigenvalue weighted by Gasteiger charge is 2.52. The number of anilines is 1. The highest BCUT2D eigenvalue weighted by molar-refractivity contribution is 6.31. The molecule has 31 heavy (non-hydrogen) atoms. The van der Waals surface area contributed by atoms with Gasteiger partial charge in [-0.15, -0.1) is 0 Å². The number of hydrogen-bond donors (Lipinski definition) is 0. The summed E-state index contributed by atoms with van der Waals surface area (Å²) in [5, 5.41) is 1.11. The van der Waals surface area contributed by atoms with Crippen molar-refractivity contribution in [1.82, 2.24) is 4.90 Å². The zero-order chi connectivity index (χ0) is 22.1. The first-order valence-corrected chi connectivity index (χ1v) is 10.9. The third-order valence-electron chi connectivity index (χ3n) is 6.20. The van der Waals surface area contributed by atoms with E-state index in [1.165, 1.54) is 4.90 Å². The maximum absolute atomic E-state index is 13.6. The summed E-state index contributed by atoms with van der Waals surface area (Å²) in [4.78, 5) is 30.1. The van der Waals surface area contributed by atoms with Gasteiger partial charge in [-0.05, 0) is 48.7 Å². The number of benzene rings is 2. The van der Waals surface area contributed by atoms with Gasteiger partial charge in [0.15, 0.2) is 0 Å². The summed E-state index contributed by atoms with van der Waals surface area (Å²) in [6, 6.07) is 13.4. The van der Waals surface area contributed by atoms with E-state index < -0.39 is 5.92 Å². The molecule has 0 bridgehead atoms. The van der Waals surface area contributed by atoms with Gasteiger partial charge in [0.05, 0.1) is 23.8 Å². The number of urea groups is 1. The van der Waals surface area contributed by atoms with Crippen molar-refractivity contribution >= 4 is 40.8 Å². The van der Waals surface area contributed by atoms with E-state index in [4.69, 9.17) is 32.7 Å². The van der Waals surface area contributed by atoms with Gasteiger partial charge in [-0.3, -0.25) is 4.79 Å². The van der Waals surface area contributed by atoms with E-state index in [9.17, 15) is 9.59 Å². The molecule has 2 fully saturated rings. The average molecular weight is 463 g/mol. The molecule has 3 amide bonds. The molecule has 6 nitrogen and oxygen atoms in total. The molecule has 4 atom stereocenters. The zero-order valence-corrected chi connectivity index (χ0v) is 18.8. The number of hydrogen-bond acceptors (Lipinski definition) is 4. The highest BCUT2D eigenvalue weighted by Crippen LogP contribution is 2.39. The predicted molar refractivity (Wildman–Crippen MR) is 119 cm³/mol. The molecule has 164 valence electrons. The van der Waals surface area contributed by atoms with E-state index in [0.29, 0.717) is 35.1 Å². The summed E-state index contributed by atoms with van der Waals surface area (Å²) in [5.74, 6) is -0.642. The van der Waals surface area contributed by atoms with Crippen molar-refractivity contribution in [2.24, 2.45) is 5.92 Å². The van der Waals surface area contributed by atoms with E-state index in [2.05, 4.69) is 0 Å². The standard InChI is InChI=1S/C23H24Cl2N2O4/c1-30-20-11-17-19(12-21(20)31-2)26(13-14-5-3-4-6-18(14)25)23(29)27(22(17)28)16-9-7-15(24)8-10-16/h3-10,17,19-21H,11-13H2,1-2H3. The lowest BCUT2D eigenvalue weighted by atomic mass is 9.77. The number of methoxy groups -OCH3 is 2. The van der Waals surface area contributed by atoms with Crippen LogP contribution in [0.4, 0.5) is 10.5 Å². The van der Waals surface area contributed by atoms with Gasteiger partial charge in [0.1, 0.15) is 0 Å². The molecular formula is C23H24Cl2N2O4. The van der Waals surface area contributed by atoms with Crippen molar-refractivity contribution in [3.8, 4) is 0 Å². The highest BCUT2D eigenvalue weighted by atomic mass is 35.5. The van der Waals surface area contributed by atoms with Gasteiger partial charge < -0.3 is 14.4 Å². The van der Waals surface area contributed by atoms with Crippen molar-refractivity contribution in [2.45, 2.75) is 37.6 Å². The molecule has 1 heterocycles. The van der Waals surface area contributed by atoms with Crippen molar-refractivity contribution < 1.29 is 19.1 Å². The van der Waals surface area contributed by atoms with Crippen LogP contribution in [-0.2, 0) is 20.8 Å². The quantitative estimate of drug-likeness (QED) is 0.641. The molecule has 2 aromatic carbocycles. The lowest BCUT2D eigenvalue weighted by Crippen LogP contribution is -2.65. The number of halogens is 2. The second-order valence-corrected chi connectivity index (χ2v) is 8.69. The Balaban J connectivity index is 1.74. The molecule has 1 aliphatic carbocycles. The smallest absolute Gasteiger partial charge is 0.331 e. The van der Waals surface area contributed by atoms with Crippen LogP contribution in [0.15, 0.2) is 48.5 Å². The SMILES string of the molecule is COC1CC2C(=O)N(c3ccc(Cl)cc3)C(=O)N(Cc3ccccc3Cl)C2CC1OC. The molecule has 1 aliphatic heterocycles. The Hall–Kier alpha value is -2.12. The Morgan fingerprint density at radius 2 is 1.58 bits per heavy atom. The second-order valence-electron chi connectivity index (χ2n) is 7.85. The molecule has 4 unspecified atom stereocenters. The Morgan fingerprint density at radius 3 is 2.23 bits per heavy atom. The van der Waals surface area contributed by atoms with Gasteiger partial charge >= 0.3 is 6.03 Å². The minimum Gasteiger partial charge on any atom is -0.379 e. The molecule has 0 aromatic heterocycles. The Labute approximate surface area is 191 Å².